The maximum Gasteiger partial charge on any atom is 0.292 e. The summed E-state index contributed by atoms with van der Waals surface area (Å²) < 4.78 is 10.9. The van der Waals surface area contributed by atoms with E-state index in [-0.39, 0.29) is 11.4 Å². The molecule has 1 aromatic carbocycles. The quantitative estimate of drug-likeness (QED) is 0.672. The number of amides is 1. The van der Waals surface area contributed by atoms with Gasteiger partial charge in [-0.3, -0.25) is 4.79 Å². The number of hydrogen-bond donors (Lipinski definition) is 2. The van der Waals surface area contributed by atoms with Crippen LogP contribution in [0.15, 0.2) is 41.1 Å². The van der Waals surface area contributed by atoms with E-state index in [1.54, 1.807) is 6.07 Å². The molecule has 7 heteroatoms. The number of carbonyl (C=O) groups excluding carboxylic acids is 1. The number of nitrogens with one attached hydrogen (secondary N) is 2. The number of H-pyrrole nitrogens is 1. The number of hydrogen-bond acceptors (Lipinski definition) is 5. The Hall–Kier alpha value is -2.64. The molecule has 7 nitrogen and oxygen atoms in total. The van der Waals surface area contributed by atoms with Gasteiger partial charge in [0.2, 0.25) is 5.76 Å². The van der Waals surface area contributed by atoms with Crippen molar-refractivity contribution in [2.45, 2.75) is 37.8 Å². The van der Waals surface area contributed by atoms with Crippen LogP contribution in [0.1, 0.15) is 41.1 Å². The predicted octanol–water partition coefficient (Wildman–Crippen LogP) is 2.88. The van der Waals surface area contributed by atoms with Gasteiger partial charge in [0.25, 0.3) is 5.91 Å². The average Bonchev–Trinajstić information content (AvgIpc) is 3.37. The van der Waals surface area contributed by atoms with E-state index in [0.29, 0.717) is 25.4 Å². The highest BCUT2D eigenvalue weighted by Crippen LogP contribution is 2.25. The van der Waals surface area contributed by atoms with Gasteiger partial charge < -0.3 is 24.5 Å². The Morgan fingerprint density at radius 1 is 1.21 bits per heavy atom. The van der Waals surface area contributed by atoms with E-state index < -0.39 is 0 Å². The molecule has 0 unspecified atom stereocenters. The smallest absolute Gasteiger partial charge is 0.292 e. The van der Waals surface area contributed by atoms with E-state index in [4.69, 9.17) is 9.26 Å². The van der Waals surface area contributed by atoms with Crippen molar-refractivity contribution in [3.8, 4) is 0 Å². The van der Waals surface area contributed by atoms with Crippen LogP contribution >= 0.6 is 0 Å². The van der Waals surface area contributed by atoms with Crippen LogP contribution in [0.25, 0.3) is 10.9 Å². The maximum atomic E-state index is 12.6. The molecule has 3 aromatic rings. The van der Waals surface area contributed by atoms with Gasteiger partial charge in [0.15, 0.2) is 0 Å². The van der Waals surface area contributed by atoms with E-state index in [9.17, 15) is 4.79 Å². The highest BCUT2D eigenvalue weighted by molar-refractivity contribution is 5.91. The molecule has 1 amide bonds. The number of piperidine rings is 1. The standard InChI is InChI=1S/C22H26N4O3/c27-21(26-8-4-1-5-9-26)20-10-17(25-29-20)11-22(14-28-15-22)24-13-16-12-23-19-7-3-2-6-18(16)19/h2-3,6-7,10,12,23-24H,1,4-5,8-9,11,13-15H2. The number of fused-ring (bicyclic) bond motifs is 1. The Balaban J connectivity index is 1.25. The first-order valence-electron chi connectivity index (χ1n) is 10.4. The van der Waals surface area contributed by atoms with Crippen molar-refractivity contribution in [3.63, 3.8) is 0 Å². The monoisotopic (exact) mass is 394 g/mol. The summed E-state index contributed by atoms with van der Waals surface area (Å²) >= 11 is 0. The summed E-state index contributed by atoms with van der Waals surface area (Å²) in [6.07, 6.45) is 6.04. The van der Waals surface area contributed by atoms with Gasteiger partial charge >= 0.3 is 0 Å². The Kier molecular flexibility index (Phi) is 4.85. The molecule has 5 rings (SSSR count). The molecule has 2 N–H and O–H groups in total. The molecule has 0 bridgehead atoms. The fourth-order valence-corrected chi connectivity index (χ4v) is 4.27. The van der Waals surface area contributed by atoms with Gasteiger partial charge in [-0.25, -0.2) is 0 Å². The van der Waals surface area contributed by atoms with Crippen molar-refractivity contribution in [1.29, 1.82) is 0 Å². The zero-order valence-corrected chi connectivity index (χ0v) is 16.4. The summed E-state index contributed by atoms with van der Waals surface area (Å²) in [5, 5.41) is 9.05. The van der Waals surface area contributed by atoms with Crippen LogP contribution in [0.2, 0.25) is 0 Å². The van der Waals surface area contributed by atoms with Crippen molar-refractivity contribution in [1.82, 2.24) is 20.4 Å². The second-order valence-corrected chi connectivity index (χ2v) is 8.20. The topological polar surface area (TPSA) is 83.4 Å². The lowest BCUT2D eigenvalue weighted by Gasteiger charge is -2.42. The summed E-state index contributed by atoms with van der Waals surface area (Å²) in [5.41, 5.74) is 2.98. The molecule has 152 valence electrons. The lowest BCUT2D eigenvalue weighted by Crippen LogP contribution is -2.61. The molecule has 4 heterocycles. The molecule has 2 aromatic heterocycles. The molecule has 29 heavy (non-hydrogen) atoms. The molecule has 2 aliphatic rings. The lowest BCUT2D eigenvalue weighted by atomic mass is 9.90. The third kappa shape index (κ3) is 3.68. The molecular weight excluding hydrogens is 368 g/mol. The first-order valence-corrected chi connectivity index (χ1v) is 10.4. The summed E-state index contributed by atoms with van der Waals surface area (Å²) in [4.78, 5) is 17.8. The van der Waals surface area contributed by atoms with Gasteiger partial charge in [0, 0.05) is 49.2 Å². The van der Waals surface area contributed by atoms with Gasteiger partial charge in [-0.1, -0.05) is 23.4 Å². The number of rotatable bonds is 6. The molecule has 2 saturated heterocycles. The number of ether oxygens (including phenoxy) is 1. The van der Waals surface area contributed by atoms with Gasteiger partial charge in [0.05, 0.1) is 24.4 Å². The van der Waals surface area contributed by atoms with Gasteiger partial charge in [-0.2, -0.15) is 0 Å². The second-order valence-electron chi connectivity index (χ2n) is 8.20. The first-order chi connectivity index (χ1) is 14.2. The third-order valence-corrected chi connectivity index (χ3v) is 6.02. The van der Waals surface area contributed by atoms with Gasteiger partial charge in [-0.15, -0.1) is 0 Å². The van der Waals surface area contributed by atoms with Crippen LogP contribution in [0, 0.1) is 0 Å². The van der Waals surface area contributed by atoms with Crippen molar-refractivity contribution in [2.24, 2.45) is 0 Å². The van der Waals surface area contributed by atoms with Crippen LogP contribution in [-0.2, 0) is 17.7 Å². The molecule has 0 radical (unpaired) electrons. The van der Waals surface area contributed by atoms with E-state index in [0.717, 1.165) is 43.7 Å². The fraction of sp³-hybridized carbons (Fsp3) is 0.455. The SMILES string of the molecule is O=C(c1cc(CC2(NCc3c[nH]c4ccccc34)COC2)no1)N1CCCCC1. The minimum atomic E-state index is -0.180. The highest BCUT2D eigenvalue weighted by atomic mass is 16.5. The molecule has 2 fully saturated rings. The zero-order valence-electron chi connectivity index (χ0n) is 16.4. The first kappa shape index (κ1) is 18.4. The van der Waals surface area contributed by atoms with Crippen molar-refractivity contribution < 1.29 is 14.1 Å². The number of aromatic amines is 1. The minimum absolute atomic E-state index is 0.0471. The molecule has 0 atom stereocenters. The minimum Gasteiger partial charge on any atom is -0.377 e. The Morgan fingerprint density at radius 2 is 2.03 bits per heavy atom. The normalized spacial score (nSPS) is 18.7. The average molecular weight is 394 g/mol. The third-order valence-electron chi connectivity index (χ3n) is 6.02. The van der Waals surface area contributed by atoms with Crippen molar-refractivity contribution in [2.75, 3.05) is 26.3 Å². The number of carbonyl (C=O) groups is 1. The number of benzene rings is 1. The van der Waals surface area contributed by atoms with Crippen LogP contribution in [0.4, 0.5) is 0 Å². The summed E-state index contributed by atoms with van der Waals surface area (Å²) in [5.74, 6) is 0.294. The predicted molar refractivity (Wildman–Crippen MR) is 109 cm³/mol. The van der Waals surface area contributed by atoms with Gasteiger partial charge in [0.1, 0.15) is 0 Å². The van der Waals surface area contributed by atoms with E-state index in [1.807, 2.05) is 11.0 Å². The highest BCUT2D eigenvalue weighted by Gasteiger charge is 2.39. The number of nitrogens with zero attached hydrogens (tertiary/aromatic N) is 2. The van der Waals surface area contributed by atoms with Crippen LogP contribution < -0.4 is 5.32 Å². The number of para-hydroxylation sites is 1. The number of likely N-dealkylation sites (tertiary alicyclic amines) is 1. The van der Waals surface area contributed by atoms with Crippen LogP contribution in [0.5, 0.6) is 0 Å². The van der Waals surface area contributed by atoms with E-state index in [2.05, 4.69) is 39.9 Å². The van der Waals surface area contributed by atoms with Gasteiger partial charge in [-0.05, 0) is 30.9 Å². The van der Waals surface area contributed by atoms with E-state index >= 15 is 0 Å². The molecule has 0 saturated carbocycles. The van der Waals surface area contributed by atoms with Crippen LogP contribution in [0.3, 0.4) is 0 Å². The zero-order chi connectivity index (χ0) is 19.7. The maximum absolute atomic E-state index is 12.6. The molecular formula is C22H26N4O3. The van der Waals surface area contributed by atoms with Crippen molar-refractivity contribution in [3.05, 3.63) is 53.5 Å². The Labute approximate surface area is 169 Å². The van der Waals surface area contributed by atoms with E-state index in [1.165, 1.54) is 17.4 Å². The second kappa shape index (κ2) is 7.65. The number of aromatic nitrogens is 2. The molecule has 0 aliphatic carbocycles. The van der Waals surface area contributed by atoms with Crippen molar-refractivity contribution >= 4 is 16.8 Å². The summed E-state index contributed by atoms with van der Waals surface area (Å²) in [6, 6.07) is 10.1. The fourth-order valence-electron chi connectivity index (χ4n) is 4.27. The molecule has 2 aliphatic heterocycles. The van der Waals surface area contributed by atoms with Crippen LogP contribution in [-0.4, -0.2) is 52.8 Å². The molecule has 0 spiro atoms. The Morgan fingerprint density at radius 3 is 2.83 bits per heavy atom. The summed E-state index contributed by atoms with van der Waals surface area (Å²) in [6.45, 7) is 3.59. The largest absolute Gasteiger partial charge is 0.377 e. The Bertz CT molecular complexity index is 998. The summed E-state index contributed by atoms with van der Waals surface area (Å²) in [7, 11) is 0. The lowest BCUT2D eigenvalue weighted by molar-refractivity contribution is -0.0755.